The van der Waals surface area contributed by atoms with E-state index in [-0.39, 0.29) is 11.7 Å². The Kier molecular flexibility index (Phi) is 2.91. The highest BCUT2D eigenvalue weighted by atomic mass is 19.1. The molecule has 20 heavy (non-hydrogen) atoms. The van der Waals surface area contributed by atoms with Crippen molar-refractivity contribution in [3.8, 4) is 0 Å². The summed E-state index contributed by atoms with van der Waals surface area (Å²) in [6, 6.07) is 12.3. The van der Waals surface area contributed by atoms with Gasteiger partial charge in [0.1, 0.15) is 12.1 Å². The predicted molar refractivity (Wildman–Crippen MR) is 73.5 cm³/mol. The molecule has 0 aliphatic heterocycles. The fraction of sp³-hybridized carbons (Fsp3) is 0. The fourth-order valence-corrected chi connectivity index (χ4v) is 2.14. The molecule has 0 aliphatic carbocycles. The molecule has 0 unspecified atom stereocenters. The van der Waals surface area contributed by atoms with Crippen molar-refractivity contribution in [3.63, 3.8) is 0 Å². The van der Waals surface area contributed by atoms with Crippen molar-refractivity contribution < 1.29 is 14.0 Å². The van der Waals surface area contributed by atoms with Crippen LogP contribution < -0.4 is 0 Å². The highest BCUT2D eigenvalue weighted by molar-refractivity contribution is 6.02. The number of nitrogens with zero attached hydrogens (tertiary/aromatic N) is 1. The molecular formula is C16H10FNO2. The van der Waals surface area contributed by atoms with E-state index in [1.165, 1.54) is 28.8 Å². The lowest BCUT2D eigenvalue weighted by Gasteiger charge is -2.04. The quantitative estimate of drug-likeness (QED) is 0.668. The highest BCUT2D eigenvalue weighted by Crippen LogP contribution is 2.18. The van der Waals surface area contributed by atoms with Crippen molar-refractivity contribution >= 4 is 23.1 Å². The summed E-state index contributed by atoms with van der Waals surface area (Å²) in [4.78, 5) is 23.1. The van der Waals surface area contributed by atoms with Gasteiger partial charge in [0, 0.05) is 22.7 Å². The van der Waals surface area contributed by atoms with Gasteiger partial charge in [-0.05, 0) is 48.5 Å². The molecule has 3 rings (SSSR count). The lowest BCUT2D eigenvalue weighted by Crippen LogP contribution is -2.10. The van der Waals surface area contributed by atoms with Crippen molar-refractivity contribution in [2.45, 2.75) is 0 Å². The van der Waals surface area contributed by atoms with Crippen molar-refractivity contribution in [2.24, 2.45) is 0 Å². The first-order valence-electron chi connectivity index (χ1n) is 6.05. The topological polar surface area (TPSA) is 39.1 Å². The van der Waals surface area contributed by atoms with Gasteiger partial charge < -0.3 is 0 Å². The summed E-state index contributed by atoms with van der Waals surface area (Å²) in [7, 11) is 0. The molecule has 0 radical (unpaired) electrons. The Morgan fingerprint density at radius 3 is 2.50 bits per heavy atom. The summed E-state index contributed by atoms with van der Waals surface area (Å²) < 4.78 is 14.4. The monoisotopic (exact) mass is 267 g/mol. The van der Waals surface area contributed by atoms with Gasteiger partial charge in [0.25, 0.3) is 5.91 Å². The van der Waals surface area contributed by atoms with Crippen LogP contribution >= 0.6 is 0 Å². The first-order chi connectivity index (χ1) is 9.69. The van der Waals surface area contributed by atoms with Gasteiger partial charge in [0.15, 0.2) is 0 Å². The Labute approximate surface area is 114 Å². The predicted octanol–water partition coefficient (Wildman–Crippen LogP) is 3.28. The average Bonchev–Trinajstić information content (AvgIpc) is 2.90. The third kappa shape index (κ3) is 2.01. The number of benzene rings is 2. The molecule has 0 N–H and O–H groups in total. The molecule has 0 spiro atoms. The number of hydrogen-bond donors (Lipinski definition) is 0. The minimum absolute atomic E-state index is 0.237. The van der Waals surface area contributed by atoms with E-state index in [1.54, 1.807) is 30.5 Å². The summed E-state index contributed by atoms with van der Waals surface area (Å²) >= 11 is 0. The summed E-state index contributed by atoms with van der Waals surface area (Å²) in [5.74, 6) is -0.617. The van der Waals surface area contributed by atoms with Crippen molar-refractivity contribution in [1.82, 2.24) is 4.57 Å². The Morgan fingerprint density at radius 1 is 1.05 bits per heavy atom. The lowest BCUT2D eigenvalue weighted by molar-refractivity contribution is 0.0964. The molecule has 0 amide bonds. The van der Waals surface area contributed by atoms with Crippen LogP contribution in [-0.2, 0) is 0 Å². The van der Waals surface area contributed by atoms with Crippen LogP contribution in [0.5, 0.6) is 0 Å². The molecule has 2 aromatic carbocycles. The Morgan fingerprint density at radius 2 is 1.80 bits per heavy atom. The molecule has 3 nitrogen and oxygen atoms in total. The maximum atomic E-state index is 12.9. The summed E-state index contributed by atoms with van der Waals surface area (Å²) in [6.07, 6.45) is 2.41. The molecule has 98 valence electrons. The van der Waals surface area contributed by atoms with Crippen LogP contribution in [-0.4, -0.2) is 16.8 Å². The number of rotatable bonds is 2. The zero-order chi connectivity index (χ0) is 14.1. The van der Waals surface area contributed by atoms with Crippen LogP contribution in [0.3, 0.4) is 0 Å². The first-order valence-corrected chi connectivity index (χ1v) is 6.05. The standard InChI is InChI=1S/C16H10FNO2/c17-14-4-2-12(3-5-14)16(20)18-8-7-13-9-11(10-19)1-6-15(13)18/h1-10H. The van der Waals surface area contributed by atoms with Crippen molar-refractivity contribution in [2.75, 3.05) is 0 Å². The minimum Gasteiger partial charge on any atom is -0.298 e. The Hall–Kier alpha value is -2.75. The number of halogens is 1. The molecule has 1 aromatic heterocycles. The maximum absolute atomic E-state index is 12.9. The maximum Gasteiger partial charge on any atom is 0.262 e. The lowest BCUT2D eigenvalue weighted by atomic mass is 10.1. The zero-order valence-electron chi connectivity index (χ0n) is 10.4. The van der Waals surface area contributed by atoms with Gasteiger partial charge in [0.05, 0.1) is 5.52 Å². The number of carbonyl (C=O) groups is 2. The van der Waals surface area contributed by atoms with Crippen LogP contribution in [0.1, 0.15) is 20.7 Å². The molecule has 0 fully saturated rings. The smallest absolute Gasteiger partial charge is 0.262 e. The number of carbonyl (C=O) groups excluding carboxylic acids is 2. The number of aromatic nitrogens is 1. The Bertz CT molecular complexity index is 803. The van der Waals surface area contributed by atoms with Crippen LogP contribution in [0.25, 0.3) is 10.9 Å². The van der Waals surface area contributed by atoms with Crippen molar-refractivity contribution in [1.29, 1.82) is 0 Å². The molecule has 0 atom stereocenters. The van der Waals surface area contributed by atoms with E-state index < -0.39 is 0 Å². The second-order valence-electron chi connectivity index (χ2n) is 4.43. The number of hydrogen-bond acceptors (Lipinski definition) is 2. The van der Waals surface area contributed by atoms with Crippen LogP contribution in [0.15, 0.2) is 54.7 Å². The van der Waals surface area contributed by atoms with Gasteiger partial charge in [-0.1, -0.05) is 0 Å². The van der Waals surface area contributed by atoms with E-state index in [0.717, 1.165) is 11.7 Å². The van der Waals surface area contributed by atoms with E-state index in [4.69, 9.17) is 0 Å². The molecule has 0 bridgehead atoms. The molecule has 3 aromatic rings. The molecule has 4 heteroatoms. The highest BCUT2D eigenvalue weighted by Gasteiger charge is 2.11. The first kappa shape index (κ1) is 12.3. The number of fused-ring (bicyclic) bond motifs is 1. The van der Waals surface area contributed by atoms with Gasteiger partial charge in [-0.3, -0.25) is 14.2 Å². The molecule has 0 saturated heterocycles. The van der Waals surface area contributed by atoms with Gasteiger partial charge in [-0.2, -0.15) is 0 Å². The molecule has 0 saturated carbocycles. The fourth-order valence-electron chi connectivity index (χ4n) is 2.14. The van der Waals surface area contributed by atoms with Crippen LogP contribution in [0, 0.1) is 5.82 Å². The largest absolute Gasteiger partial charge is 0.298 e. The minimum atomic E-state index is -0.380. The van der Waals surface area contributed by atoms with E-state index in [1.807, 2.05) is 0 Å². The third-order valence-corrected chi connectivity index (χ3v) is 3.16. The Balaban J connectivity index is 2.08. The van der Waals surface area contributed by atoms with Gasteiger partial charge in [0.2, 0.25) is 0 Å². The summed E-state index contributed by atoms with van der Waals surface area (Å²) in [5.41, 5.74) is 1.68. The van der Waals surface area contributed by atoms with Gasteiger partial charge >= 0.3 is 0 Å². The van der Waals surface area contributed by atoms with Crippen LogP contribution in [0.4, 0.5) is 4.39 Å². The third-order valence-electron chi connectivity index (χ3n) is 3.16. The molecule has 0 aliphatic rings. The second-order valence-corrected chi connectivity index (χ2v) is 4.43. The summed E-state index contributed by atoms with van der Waals surface area (Å²) in [5, 5.41) is 0.810. The van der Waals surface area contributed by atoms with E-state index in [0.29, 0.717) is 16.6 Å². The van der Waals surface area contributed by atoms with E-state index in [2.05, 4.69) is 0 Å². The zero-order valence-corrected chi connectivity index (χ0v) is 10.4. The van der Waals surface area contributed by atoms with Gasteiger partial charge in [-0.15, -0.1) is 0 Å². The summed E-state index contributed by atoms with van der Waals surface area (Å²) in [6.45, 7) is 0. The SMILES string of the molecule is O=Cc1ccc2c(ccn2C(=O)c2ccc(F)cc2)c1. The second kappa shape index (κ2) is 4.74. The van der Waals surface area contributed by atoms with Crippen LogP contribution in [0.2, 0.25) is 0 Å². The normalized spacial score (nSPS) is 10.7. The van der Waals surface area contributed by atoms with Gasteiger partial charge in [-0.25, -0.2) is 4.39 Å². The van der Waals surface area contributed by atoms with E-state index >= 15 is 0 Å². The molecular weight excluding hydrogens is 257 g/mol. The van der Waals surface area contributed by atoms with E-state index in [9.17, 15) is 14.0 Å². The average molecular weight is 267 g/mol. The number of aldehydes is 1. The molecule has 1 heterocycles. The van der Waals surface area contributed by atoms with Crippen molar-refractivity contribution in [3.05, 3.63) is 71.7 Å².